The molecule has 0 aliphatic rings. The van der Waals surface area contributed by atoms with Crippen LogP contribution >= 0.6 is 23.2 Å². The number of halogens is 2. The molecule has 6 nitrogen and oxygen atoms in total. The maximum absolute atomic E-state index is 13.5. The maximum Gasteiger partial charge on any atom is 0.242 e. The fourth-order valence-corrected chi connectivity index (χ4v) is 4.09. The molecule has 0 saturated carbocycles. The second-order valence-corrected chi connectivity index (χ2v) is 8.95. The minimum Gasteiger partial charge on any atom is -0.490 e. The second-order valence-electron chi connectivity index (χ2n) is 8.13. The number of hydrogen-bond acceptors (Lipinski definition) is 4. The molecule has 8 heteroatoms. The van der Waals surface area contributed by atoms with Crippen molar-refractivity contribution in [3.63, 3.8) is 0 Å². The van der Waals surface area contributed by atoms with Crippen molar-refractivity contribution < 1.29 is 19.1 Å². The molecule has 2 aromatic carbocycles. The number of amides is 2. The number of rotatable bonds is 14. The van der Waals surface area contributed by atoms with E-state index in [0.29, 0.717) is 54.1 Å². The van der Waals surface area contributed by atoms with Gasteiger partial charge in [0.1, 0.15) is 6.04 Å². The van der Waals surface area contributed by atoms with E-state index in [1.165, 1.54) is 0 Å². The van der Waals surface area contributed by atoms with Gasteiger partial charge in [0.05, 0.1) is 23.3 Å². The quantitative estimate of drug-likeness (QED) is 0.327. The topological polar surface area (TPSA) is 67.9 Å². The van der Waals surface area contributed by atoms with Crippen molar-refractivity contribution in [2.45, 2.75) is 66.0 Å². The van der Waals surface area contributed by atoms with Crippen molar-refractivity contribution in [2.75, 3.05) is 19.8 Å². The molecule has 0 aliphatic carbocycles. The van der Waals surface area contributed by atoms with Crippen LogP contribution in [0.4, 0.5) is 0 Å². The Morgan fingerprint density at radius 1 is 0.914 bits per heavy atom. The molecule has 0 fully saturated rings. The highest BCUT2D eigenvalue weighted by atomic mass is 35.5. The number of carbonyl (C=O) groups is 2. The van der Waals surface area contributed by atoms with Gasteiger partial charge in [-0.2, -0.15) is 0 Å². The van der Waals surface area contributed by atoms with Crippen molar-refractivity contribution in [3.8, 4) is 11.5 Å². The minimum absolute atomic E-state index is 0.110. The van der Waals surface area contributed by atoms with Crippen LogP contribution < -0.4 is 14.8 Å². The van der Waals surface area contributed by atoms with Crippen molar-refractivity contribution in [2.24, 2.45) is 0 Å². The number of ether oxygens (including phenoxy) is 2. The molecule has 0 heterocycles. The summed E-state index contributed by atoms with van der Waals surface area (Å²) >= 11 is 12.3. The zero-order valence-electron chi connectivity index (χ0n) is 21.0. The number of nitrogens with zero attached hydrogens (tertiary/aromatic N) is 1. The van der Waals surface area contributed by atoms with Gasteiger partial charge in [0, 0.05) is 19.5 Å². The lowest BCUT2D eigenvalue weighted by Crippen LogP contribution is -2.49. The van der Waals surface area contributed by atoms with Gasteiger partial charge in [-0.15, -0.1) is 0 Å². The Labute approximate surface area is 218 Å². The van der Waals surface area contributed by atoms with Gasteiger partial charge in [0.25, 0.3) is 0 Å². The Morgan fingerprint density at radius 2 is 1.60 bits per heavy atom. The zero-order valence-corrected chi connectivity index (χ0v) is 22.5. The molecule has 35 heavy (non-hydrogen) atoms. The van der Waals surface area contributed by atoms with Crippen LogP contribution in [0.2, 0.25) is 10.0 Å². The van der Waals surface area contributed by atoms with Crippen LogP contribution in [0.5, 0.6) is 11.5 Å². The largest absolute Gasteiger partial charge is 0.490 e. The molecule has 0 bridgehead atoms. The lowest BCUT2D eigenvalue weighted by atomic mass is 10.1. The van der Waals surface area contributed by atoms with Gasteiger partial charge in [-0.05, 0) is 68.5 Å². The van der Waals surface area contributed by atoms with Crippen molar-refractivity contribution >= 4 is 35.0 Å². The molecule has 0 radical (unpaired) electrons. The predicted octanol–water partition coefficient (Wildman–Crippen LogP) is 6.06. The Bertz CT molecular complexity index is 984. The highest BCUT2D eigenvalue weighted by Gasteiger charge is 2.28. The summed E-state index contributed by atoms with van der Waals surface area (Å²) in [6.45, 7) is 9.63. The normalized spacial score (nSPS) is 11.6. The maximum atomic E-state index is 13.5. The van der Waals surface area contributed by atoms with Gasteiger partial charge in [0.15, 0.2) is 11.5 Å². The smallest absolute Gasteiger partial charge is 0.242 e. The molecule has 0 spiro atoms. The third-order valence-corrected chi connectivity index (χ3v) is 6.25. The van der Waals surface area contributed by atoms with Crippen LogP contribution in [0.1, 0.15) is 58.1 Å². The minimum atomic E-state index is -0.581. The van der Waals surface area contributed by atoms with E-state index in [1.54, 1.807) is 17.0 Å². The van der Waals surface area contributed by atoms with Gasteiger partial charge >= 0.3 is 0 Å². The standard InChI is InChI=1S/C27H36Cl2N2O4/c1-5-15-30-27(33)23(6-2)31(18-20-9-12-21(28)22(29)16-20)26(32)14-11-19-10-13-24(34-7-3)25(17-19)35-8-4/h9-10,12-13,16-17,23H,5-8,11,14-15,18H2,1-4H3,(H,30,33). The predicted molar refractivity (Wildman–Crippen MR) is 141 cm³/mol. The van der Waals surface area contributed by atoms with E-state index < -0.39 is 6.04 Å². The molecule has 1 unspecified atom stereocenters. The molecular weight excluding hydrogens is 487 g/mol. The van der Waals surface area contributed by atoms with E-state index >= 15 is 0 Å². The highest BCUT2D eigenvalue weighted by molar-refractivity contribution is 6.42. The SMILES string of the molecule is CCCNC(=O)C(CC)N(Cc1ccc(Cl)c(Cl)c1)C(=O)CCc1ccc(OCC)c(OCC)c1. The van der Waals surface area contributed by atoms with Crippen LogP contribution in [0.15, 0.2) is 36.4 Å². The Balaban J connectivity index is 2.24. The Hall–Kier alpha value is -2.44. The van der Waals surface area contributed by atoms with Gasteiger partial charge in [-0.25, -0.2) is 0 Å². The molecule has 0 aliphatic heterocycles. The first-order valence-electron chi connectivity index (χ1n) is 12.2. The number of carbonyl (C=O) groups excluding carboxylic acids is 2. The van der Waals surface area contributed by atoms with Gasteiger partial charge in [-0.1, -0.05) is 49.2 Å². The van der Waals surface area contributed by atoms with Crippen molar-refractivity contribution in [1.82, 2.24) is 10.2 Å². The van der Waals surface area contributed by atoms with E-state index in [9.17, 15) is 9.59 Å². The van der Waals surface area contributed by atoms with E-state index in [-0.39, 0.29) is 24.8 Å². The third kappa shape index (κ3) is 8.62. The van der Waals surface area contributed by atoms with Gasteiger partial charge in [-0.3, -0.25) is 9.59 Å². The van der Waals surface area contributed by atoms with Gasteiger partial charge in [0.2, 0.25) is 11.8 Å². The molecule has 192 valence electrons. The summed E-state index contributed by atoms with van der Waals surface area (Å²) in [6.07, 6.45) is 2.08. The average molecular weight is 524 g/mol. The lowest BCUT2D eigenvalue weighted by molar-refractivity contribution is -0.141. The van der Waals surface area contributed by atoms with Crippen LogP contribution in [0, 0.1) is 0 Å². The average Bonchev–Trinajstić information content (AvgIpc) is 2.84. The first-order chi connectivity index (χ1) is 16.8. The van der Waals surface area contributed by atoms with Crippen molar-refractivity contribution in [3.05, 3.63) is 57.6 Å². The first-order valence-corrected chi connectivity index (χ1v) is 13.0. The summed E-state index contributed by atoms with van der Waals surface area (Å²) in [5.41, 5.74) is 1.78. The summed E-state index contributed by atoms with van der Waals surface area (Å²) in [7, 11) is 0. The molecule has 1 N–H and O–H groups in total. The summed E-state index contributed by atoms with van der Waals surface area (Å²) in [5.74, 6) is 1.09. The summed E-state index contributed by atoms with van der Waals surface area (Å²) in [5, 5.41) is 3.79. The highest BCUT2D eigenvalue weighted by Crippen LogP contribution is 2.29. The van der Waals surface area contributed by atoms with E-state index in [1.807, 2.05) is 52.0 Å². The second kappa shape index (κ2) is 14.8. The Kier molecular flexibility index (Phi) is 12.2. The van der Waals surface area contributed by atoms with E-state index in [4.69, 9.17) is 32.7 Å². The summed E-state index contributed by atoms with van der Waals surface area (Å²) in [6, 6.07) is 10.4. The number of benzene rings is 2. The number of hydrogen-bond donors (Lipinski definition) is 1. The fourth-order valence-electron chi connectivity index (χ4n) is 3.77. The summed E-state index contributed by atoms with van der Waals surface area (Å²) < 4.78 is 11.3. The third-order valence-electron chi connectivity index (χ3n) is 5.51. The molecule has 2 amide bonds. The molecule has 2 aromatic rings. The molecule has 0 saturated heterocycles. The fraction of sp³-hybridized carbons (Fsp3) is 0.481. The zero-order chi connectivity index (χ0) is 25.8. The van der Waals surface area contributed by atoms with Crippen molar-refractivity contribution in [1.29, 1.82) is 0 Å². The van der Waals surface area contributed by atoms with Crippen LogP contribution in [0.3, 0.4) is 0 Å². The van der Waals surface area contributed by atoms with E-state index in [2.05, 4.69) is 5.32 Å². The molecule has 1 atom stereocenters. The van der Waals surface area contributed by atoms with Crippen LogP contribution in [-0.2, 0) is 22.6 Å². The summed E-state index contributed by atoms with van der Waals surface area (Å²) in [4.78, 5) is 28.0. The monoisotopic (exact) mass is 522 g/mol. The lowest BCUT2D eigenvalue weighted by Gasteiger charge is -2.31. The molecular formula is C27H36Cl2N2O4. The Morgan fingerprint density at radius 3 is 2.23 bits per heavy atom. The molecule has 2 rings (SSSR count). The number of aryl methyl sites for hydroxylation is 1. The van der Waals surface area contributed by atoms with Crippen LogP contribution in [-0.4, -0.2) is 42.5 Å². The van der Waals surface area contributed by atoms with Crippen LogP contribution in [0.25, 0.3) is 0 Å². The first kappa shape index (κ1) is 28.8. The molecule has 0 aromatic heterocycles. The number of nitrogens with one attached hydrogen (secondary N) is 1. The van der Waals surface area contributed by atoms with Gasteiger partial charge < -0.3 is 19.7 Å². The van der Waals surface area contributed by atoms with E-state index in [0.717, 1.165) is 17.5 Å².